The summed E-state index contributed by atoms with van der Waals surface area (Å²) in [5.74, 6) is 1.14. The number of hydrogen-bond acceptors (Lipinski definition) is 5. The van der Waals surface area contributed by atoms with Crippen molar-refractivity contribution >= 4 is 21.6 Å². The summed E-state index contributed by atoms with van der Waals surface area (Å²) in [6, 6.07) is 12.9. The van der Waals surface area contributed by atoms with Gasteiger partial charge in [0.15, 0.2) is 21.3 Å². The number of sulfone groups is 1. The lowest BCUT2D eigenvalue weighted by molar-refractivity contribution is 0.174. The molecule has 2 aromatic carbocycles. The second-order valence-corrected chi connectivity index (χ2v) is 8.62. The van der Waals surface area contributed by atoms with E-state index in [2.05, 4.69) is 5.32 Å². The lowest BCUT2D eigenvalue weighted by atomic mass is 10.2. The van der Waals surface area contributed by atoms with E-state index in [0.717, 1.165) is 6.42 Å². The number of rotatable bonds is 4. The summed E-state index contributed by atoms with van der Waals surface area (Å²) in [5, 5.41) is 2.83. The van der Waals surface area contributed by atoms with Crippen LogP contribution in [0.2, 0.25) is 0 Å². The topological polar surface area (TPSA) is 84.9 Å². The van der Waals surface area contributed by atoms with Crippen molar-refractivity contribution in [2.24, 2.45) is 0 Å². The first kappa shape index (κ1) is 17.7. The van der Waals surface area contributed by atoms with Crippen LogP contribution < -0.4 is 14.8 Å². The second kappa shape index (κ2) is 7.11. The molecule has 1 saturated heterocycles. The van der Waals surface area contributed by atoms with E-state index in [1.807, 2.05) is 0 Å². The predicted molar refractivity (Wildman–Crippen MR) is 99.8 cm³/mol. The molecule has 4 rings (SSSR count). The largest absolute Gasteiger partial charge is 0.454 e. The first-order chi connectivity index (χ1) is 13.0. The summed E-state index contributed by atoms with van der Waals surface area (Å²) in [4.78, 5) is 14.6. The Morgan fingerprint density at radius 3 is 2.70 bits per heavy atom. The van der Waals surface area contributed by atoms with E-state index in [-0.39, 0.29) is 29.5 Å². The van der Waals surface area contributed by atoms with Crippen LogP contribution in [0.15, 0.2) is 53.4 Å². The van der Waals surface area contributed by atoms with E-state index in [4.69, 9.17) is 9.47 Å². The molecule has 7 nitrogen and oxygen atoms in total. The minimum atomic E-state index is -3.45. The van der Waals surface area contributed by atoms with E-state index in [1.165, 1.54) is 0 Å². The lowest BCUT2D eigenvalue weighted by Gasteiger charge is -2.25. The van der Waals surface area contributed by atoms with Crippen molar-refractivity contribution in [1.29, 1.82) is 0 Å². The molecule has 0 aromatic heterocycles. The number of benzene rings is 2. The van der Waals surface area contributed by atoms with Crippen LogP contribution in [0, 0.1) is 0 Å². The summed E-state index contributed by atoms with van der Waals surface area (Å²) in [7, 11) is -3.45. The van der Waals surface area contributed by atoms with E-state index in [0.29, 0.717) is 30.2 Å². The zero-order valence-electron chi connectivity index (χ0n) is 14.6. The summed E-state index contributed by atoms with van der Waals surface area (Å²) in [5.41, 5.74) is 0.584. The highest BCUT2D eigenvalue weighted by atomic mass is 32.2. The van der Waals surface area contributed by atoms with Gasteiger partial charge in [-0.1, -0.05) is 18.2 Å². The molecule has 8 heteroatoms. The van der Waals surface area contributed by atoms with Crippen molar-refractivity contribution < 1.29 is 22.7 Å². The molecule has 2 heterocycles. The van der Waals surface area contributed by atoms with Crippen LogP contribution in [0.5, 0.6) is 11.5 Å². The summed E-state index contributed by atoms with van der Waals surface area (Å²) < 4.78 is 35.9. The smallest absolute Gasteiger partial charge is 0.322 e. The van der Waals surface area contributed by atoms with Crippen LogP contribution in [0.3, 0.4) is 0 Å². The first-order valence-electron chi connectivity index (χ1n) is 8.78. The third kappa shape index (κ3) is 3.71. The number of nitrogens with one attached hydrogen (secondary N) is 1. The van der Waals surface area contributed by atoms with Crippen LogP contribution in [0.1, 0.15) is 12.8 Å². The zero-order valence-corrected chi connectivity index (χ0v) is 15.4. The number of anilines is 1. The number of urea groups is 1. The van der Waals surface area contributed by atoms with E-state index >= 15 is 0 Å². The molecule has 2 aliphatic heterocycles. The molecule has 1 atom stereocenters. The molecular weight excluding hydrogens is 368 g/mol. The lowest BCUT2D eigenvalue weighted by Crippen LogP contribution is -2.42. The van der Waals surface area contributed by atoms with Gasteiger partial charge >= 0.3 is 6.03 Å². The van der Waals surface area contributed by atoms with Gasteiger partial charge in [-0.05, 0) is 37.1 Å². The summed E-state index contributed by atoms with van der Waals surface area (Å²) in [6.45, 7) is 0.698. The molecule has 0 unspecified atom stereocenters. The van der Waals surface area contributed by atoms with E-state index in [9.17, 15) is 13.2 Å². The normalized spacial score (nSPS) is 18.5. The maximum absolute atomic E-state index is 12.7. The number of ether oxygens (including phenoxy) is 2. The third-order valence-electron chi connectivity index (χ3n) is 4.78. The Bertz CT molecular complexity index is 946. The summed E-state index contributed by atoms with van der Waals surface area (Å²) >= 11 is 0. The van der Waals surface area contributed by atoms with Gasteiger partial charge in [-0.3, -0.25) is 0 Å². The molecule has 142 valence electrons. The fourth-order valence-corrected chi connectivity index (χ4v) is 5.04. The van der Waals surface area contributed by atoms with Crippen molar-refractivity contribution in [1.82, 2.24) is 4.90 Å². The fraction of sp³-hybridized carbons (Fsp3) is 0.316. The van der Waals surface area contributed by atoms with Crippen molar-refractivity contribution in [3.63, 3.8) is 0 Å². The quantitative estimate of drug-likeness (QED) is 0.871. The van der Waals surface area contributed by atoms with Gasteiger partial charge in [-0.2, -0.15) is 0 Å². The molecule has 0 bridgehead atoms. The van der Waals surface area contributed by atoms with Crippen LogP contribution >= 0.6 is 0 Å². The van der Waals surface area contributed by atoms with Crippen molar-refractivity contribution in [3.05, 3.63) is 48.5 Å². The Morgan fingerprint density at radius 2 is 1.89 bits per heavy atom. The first-order valence-corrected chi connectivity index (χ1v) is 10.4. The van der Waals surface area contributed by atoms with Crippen molar-refractivity contribution in [2.75, 3.05) is 24.4 Å². The Morgan fingerprint density at radius 1 is 1.11 bits per heavy atom. The second-order valence-electron chi connectivity index (χ2n) is 6.58. The van der Waals surface area contributed by atoms with Gasteiger partial charge in [0.1, 0.15) is 0 Å². The maximum atomic E-state index is 12.7. The van der Waals surface area contributed by atoms with Gasteiger partial charge in [-0.15, -0.1) is 0 Å². The number of amides is 2. The van der Waals surface area contributed by atoms with Gasteiger partial charge in [0.25, 0.3) is 0 Å². The molecular formula is C19H20N2O5S. The average molecular weight is 388 g/mol. The average Bonchev–Trinajstić information content (AvgIpc) is 3.31. The molecule has 1 fully saturated rings. The summed E-state index contributed by atoms with van der Waals surface area (Å²) in [6.07, 6.45) is 1.45. The van der Waals surface area contributed by atoms with Gasteiger partial charge in [0.2, 0.25) is 6.79 Å². The number of nitrogens with zero attached hydrogens (tertiary/aromatic N) is 1. The number of fused-ring (bicyclic) bond motifs is 1. The van der Waals surface area contributed by atoms with Crippen LogP contribution in [-0.2, 0) is 9.84 Å². The van der Waals surface area contributed by atoms with Gasteiger partial charge in [0, 0.05) is 24.3 Å². The van der Waals surface area contributed by atoms with Gasteiger partial charge in [0.05, 0.1) is 10.6 Å². The standard InChI is InChI=1S/C19H20N2O5S/c22-19(20-14-8-9-17-18(11-14)26-13-25-17)21-10-4-5-15(21)12-27(23,24)16-6-2-1-3-7-16/h1-3,6-9,11,15H,4-5,10,12-13H2,(H,20,22)/t15-/m0/s1. The van der Waals surface area contributed by atoms with Crippen LogP contribution in [0.4, 0.5) is 10.5 Å². The highest BCUT2D eigenvalue weighted by Crippen LogP contribution is 2.34. The molecule has 0 saturated carbocycles. The molecule has 2 aromatic rings. The Hall–Kier alpha value is -2.74. The SMILES string of the molecule is O=C(Nc1ccc2c(c1)OCO2)N1CCC[C@H]1CS(=O)(=O)c1ccccc1. The minimum Gasteiger partial charge on any atom is -0.454 e. The zero-order chi connectivity index (χ0) is 18.9. The number of hydrogen-bond donors (Lipinski definition) is 1. The predicted octanol–water partition coefficient (Wildman–Crippen LogP) is 2.89. The molecule has 1 N–H and O–H groups in total. The van der Waals surface area contributed by atoms with Crippen molar-refractivity contribution in [2.45, 2.75) is 23.8 Å². The third-order valence-corrected chi connectivity index (χ3v) is 6.59. The van der Waals surface area contributed by atoms with Crippen molar-refractivity contribution in [3.8, 4) is 11.5 Å². The van der Waals surface area contributed by atoms with Gasteiger partial charge < -0.3 is 19.7 Å². The van der Waals surface area contributed by atoms with Gasteiger partial charge in [-0.25, -0.2) is 13.2 Å². The Kier molecular flexibility index (Phi) is 4.65. The molecule has 2 amide bonds. The fourth-order valence-electron chi connectivity index (χ4n) is 3.42. The molecule has 0 aliphatic carbocycles. The Balaban J connectivity index is 1.45. The minimum absolute atomic E-state index is 0.0778. The van der Waals surface area contributed by atoms with E-state index < -0.39 is 9.84 Å². The van der Waals surface area contributed by atoms with Crippen LogP contribution in [0.25, 0.3) is 0 Å². The molecule has 27 heavy (non-hydrogen) atoms. The monoisotopic (exact) mass is 388 g/mol. The highest BCUT2D eigenvalue weighted by molar-refractivity contribution is 7.91. The highest BCUT2D eigenvalue weighted by Gasteiger charge is 2.33. The maximum Gasteiger partial charge on any atom is 0.322 e. The molecule has 2 aliphatic rings. The number of carbonyl (C=O) groups is 1. The number of likely N-dealkylation sites (tertiary alicyclic amines) is 1. The molecule has 0 spiro atoms. The van der Waals surface area contributed by atoms with E-state index in [1.54, 1.807) is 53.4 Å². The molecule has 0 radical (unpaired) electrons. The van der Waals surface area contributed by atoms with Crippen LogP contribution in [-0.4, -0.2) is 44.5 Å². The number of carbonyl (C=O) groups excluding carboxylic acids is 1. The Labute approximate surface area is 157 Å².